The van der Waals surface area contributed by atoms with Gasteiger partial charge in [-0.1, -0.05) is 0 Å². The van der Waals surface area contributed by atoms with Crippen LogP contribution in [0.15, 0.2) is 18.2 Å². The van der Waals surface area contributed by atoms with Crippen molar-refractivity contribution in [3.05, 3.63) is 18.2 Å². The lowest BCUT2D eigenvalue weighted by Gasteiger charge is -2.39. The lowest BCUT2D eigenvalue weighted by molar-refractivity contribution is -0.277. The molecule has 8 nitrogen and oxygen atoms in total. The quantitative estimate of drug-likeness (QED) is 0.361. The first-order chi connectivity index (χ1) is 9.43. The van der Waals surface area contributed by atoms with Gasteiger partial charge in [-0.2, -0.15) is 0 Å². The first-order valence-electron chi connectivity index (χ1n) is 5.93. The van der Waals surface area contributed by atoms with Gasteiger partial charge in [0.25, 0.3) is 0 Å². The number of phenolic OH excluding ortho intramolecular Hbond substituents is 2. The zero-order valence-corrected chi connectivity index (χ0v) is 10.3. The molecule has 5 atom stereocenters. The van der Waals surface area contributed by atoms with E-state index in [1.165, 1.54) is 12.1 Å². The van der Waals surface area contributed by atoms with E-state index in [1.807, 2.05) is 0 Å². The van der Waals surface area contributed by atoms with Gasteiger partial charge in [-0.05, 0) is 12.1 Å². The first-order valence-corrected chi connectivity index (χ1v) is 5.93. The Kier molecular flexibility index (Phi) is 4.31. The molecule has 0 bridgehead atoms. The average Bonchev–Trinajstić information content (AvgIpc) is 2.43. The Morgan fingerprint density at radius 2 is 1.75 bits per heavy atom. The van der Waals surface area contributed by atoms with E-state index in [-0.39, 0.29) is 17.2 Å². The number of benzene rings is 1. The fraction of sp³-hybridized carbons (Fsp3) is 0.500. The standard InChI is InChI=1S/C12H16O8/c13-4-8-9(16)10(17)11(18)12(20-8)19-7-3-5(14)1-2-6(7)15/h1-3,8-18H,4H2/t8-,9-,10+,11-,12-/m1/s1. The number of phenols is 2. The van der Waals surface area contributed by atoms with E-state index in [4.69, 9.17) is 14.6 Å². The summed E-state index contributed by atoms with van der Waals surface area (Å²) in [4.78, 5) is 0. The Bertz CT molecular complexity index is 463. The maximum atomic E-state index is 9.76. The Labute approximate surface area is 114 Å². The van der Waals surface area contributed by atoms with Crippen LogP contribution in [0.5, 0.6) is 17.2 Å². The van der Waals surface area contributed by atoms with E-state index in [2.05, 4.69) is 0 Å². The van der Waals surface area contributed by atoms with Crippen LogP contribution in [0.4, 0.5) is 0 Å². The molecule has 1 heterocycles. The number of aliphatic hydroxyl groups is 4. The van der Waals surface area contributed by atoms with Crippen LogP contribution in [0.1, 0.15) is 0 Å². The molecule has 8 heteroatoms. The first kappa shape index (κ1) is 14.8. The molecule has 112 valence electrons. The van der Waals surface area contributed by atoms with E-state index in [9.17, 15) is 25.5 Å². The molecule has 2 rings (SSSR count). The highest BCUT2D eigenvalue weighted by Gasteiger charge is 2.44. The predicted octanol–water partition coefficient (Wildman–Crippen LogP) is -1.72. The molecule has 0 amide bonds. The summed E-state index contributed by atoms with van der Waals surface area (Å²) in [6, 6.07) is 3.50. The second kappa shape index (κ2) is 5.81. The van der Waals surface area contributed by atoms with Crippen molar-refractivity contribution < 1.29 is 40.1 Å². The number of aliphatic hydroxyl groups excluding tert-OH is 4. The van der Waals surface area contributed by atoms with E-state index in [0.29, 0.717) is 0 Å². The molecule has 1 aliphatic heterocycles. The Hall–Kier alpha value is -1.58. The van der Waals surface area contributed by atoms with E-state index >= 15 is 0 Å². The van der Waals surface area contributed by atoms with Gasteiger partial charge in [-0.15, -0.1) is 0 Å². The monoisotopic (exact) mass is 288 g/mol. The third-order valence-corrected chi connectivity index (χ3v) is 3.03. The number of aromatic hydroxyl groups is 2. The van der Waals surface area contributed by atoms with Crippen molar-refractivity contribution in [3.63, 3.8) is 0 Å². The van der Waals surface area contributed by atoms with Gasteiger partial charge in [-0.3, -0.25) is 0 Å². The summed E-state index contributed by atoms with van der Waals surface area (Å²) in [5.41, 5.74) is 0. The number of rotatable bonds is 3. The molecule has 0 spiro atoms. The molecule has 6 N–H and O–H groups in total. The van der Waals surface area contributed by atoms with Gasteiger partial charge in [0.2, 0.25) is 6.29 Å². The molecule has 1 aliphatic rings. The SMILES string of the molecule is OC[C@H]1O[C@@H](Oc2cc(O)ccc2O)[C@H](O)[C@@H](O)[C@@H]1O. The zero-order chi connectivity index (χ0) is 14.9. The fourth-order valence-electron chi connectivity index (χ4n) is 1.89. The van der Waals surface area contributed by atoms with Crippen LogP contribution in [-0.4, -0.2) is 68.0 Å². The largest absolute Gasteiger partial charge is 0.508 e. The lowest BCUT2D eigenvalue weighted by atomic mass is 9.99. The third-order valence-electron chi connectivity index (χ3n) is 3.03. The summed E-state index contributed by atoms with van der Waals surface area (Å²) >= 11 is 0. The van der Waals surface area contributed by atoms with Crippen LogP contribution in [0.3, 0.4) is 0 Å². The molecule has 0 aromatic heterocycles. The van der Waals surface area contributed by atoms with Gasteiger partial charge in [0.15, 0.2) is 11.5 Å². The van der Waals surface area contributed by atoms with E-state index < -0.39 is 37.3 Å². The van der Waals surface area contributed by atoms with Crippen molar-refractivity contribution in [1.82, 2.24) is 0 Å². The van der Waals surface area contributed by atoms with Gasteiger partial charge in [0.05, 0.1) is 6.61 Å². The lowest BCUT2D eigenvalue weighted by Crippen LogP contribution is -2.60. The minimum atomic E-state index is -1.59. The summed E-state index contributed by atoms with van der Waals surface area (Å²) in [5, 5.41) is 56.8. The highest BCUT2D eigenvalue weighted by Crippen LogP contribution is 2.32. The summed E-state index contributed by atoms with van der Waals surface area (Å²) in [6.07, 6.45) is -7.19. The summed E-state index contributed by atoms with van der Waals surface area (Å²) in [6.45, 7) is -0.586. The highest BCUT2D eigenvalue weighted by molar-refractivity contribution is 5.44. The molecule has 0 radical (unpaired) electrons. The summed E-state index contributed by atoms with van der Waals surface area (Å²) in [7, 11) is 0. The maximum absolute atomic E-state index is 9.76. The predicted molar refractivity (Wildman–Crippen MR) is 64.2 cm³/mol. The number of ether oxygens (including phenoxy) is 2. The molecule has 1 aromatic carbocycles. The fourth-order valence-corrected chi connectivity index (χ4v) is 1.89. The Morgan fingerprint density at radius 1 is 1.05 bits per heavy atom. The molecule has 0 unspecified atom stereocenters. The average molecular weight is 288 g/mol. The van der Waals surface area contributed by atoms with Crippen LogP contribution >= 0.6 is 0 Å². The van der Waals surface area contributed by atoms with E-state index in [1.54, 1.807) is 0 Å². The molecular formula is C12H16O8. The zero-order valence-electron chi connectivity index (χ0n) is 10.3. The minimum Gasteiger partial charge on any atom is -0.508 e. The summed E-state index contributed by atoms with van der Waals surface area (Å²) in [5.74, 6) is -0.656. The molecule has 0 aliphatic carbocycles. The van der Waals surface area contributed by atoms with Crippen LogP contribution in [0.2, 0.25) is 0 Å². The van der Waals surface area contributed by atoms with Gasteiger partial charge in [0.1, 0.15) is 30.2 Å². The van der Waals surface area contributed by atoms with Crippen molar-refractivity contribution in [1.29, 1.82) is 0 Å². The van der Waals surface area contributed by atoms with Gasteiger partial charge < -0.3 is 40.1 Å². The minimum absolute atomic E-state index is 0.172. The van der Waals surface area contributed by atoms with Crippen molar-refractivity contribution in [2.45, 2.75) is 30.7 Å². The van der Waals surface area contributed by atoms with E-state index in [0.717, 1.165) is 6.07 Å². The maximum Gasteiger partial charge on any atom is 0.229 e. The highest BCUT2D eigenvalue weighted by atomic mass is 16.7. The van der Waals surface area contributed by atoms with Crippen LogP contribution in [0, 0.1) is 0 Å². The second-order valence-corrected chi connectivity index (χ2v) is 4.47. The van der Waals surface area contributed by atoms with Gasteiger partial charge >= 0.3 is 0 Å². The molecular weight excluding hydrogens is 272 g/mol. The van der Waals surface area contributed by atoms with Crippen LogP contribution in [-0.2, 0) is 4.74 Å². The van der Waals surface area contributed by atoms with Gasteiger partial charge in [-0.25, -0.2) is 0 Å². The van der Waals surface area contributed by atoms with Crippen LogP contribution < -0.4 is 4.74 Å². The molecule has 1 saturated heterocycles. The Morgan fingerprint density at radius 3 is 2.40 bits per heavy atom. The van der Waals surface area contributed by atoms with Crippen molar-refractivity contribution in [3.8, 4) is 17.2 Å². The second-order valence-electron chi connectivity index (χ2n) is 4.47. The van der Waals surface area contributed by atoms with Crippen molar-refractivity contribution >= 4 is 0 Å². The third kappa shape index (κ3) is 2.79. The Balaban J connectivity index is 2.17. The van der Waals surface area contributed by atoms with Gasteiger partial charge in [0, 0.05) is 6.07 Å². The normalized spacial score (nSPS) is 33.9. The topological polar surface area (TPSA) is 140 Å². The summed E-state index contributed by atoms with van der Waals surface area (Å²) < 4.78 is 10.3. The molecule has 1 fully saturated rings. The van der Waals surface area contributed by atoms with Crippen LogP contribution in [0.25, 0.3) is 0 Å². The molecule has 0 saturated carbocycles. The van der Waals surface area contributed by atoms with Crippen molar-refractivity contribution in [2.24, 2.45) is 0 Å². The number of hydrogen-bond donors (Lipinski definition) is 6. The molecule has 20 heavy (non-hydrogen) atoms. The number of hydrogen-bond acceptors (Lipinski definition) is 8. The van der Waals surface area contributed by atoms with Crippen molar-refractivity contribution in [2.75, 3.05) is 6.61 Å². The smallest absolute Gasteiger partial charge is 0.229 e. The molecule has 1 aromatic rings.